The number of allylic oxidation sites excluding steroid dienone is 1. The number of rotatable bonds is 5. The zero-order valence-electron chi connectivity index (χ0n) is 13.6. The quantitative estimate of drug-likeness (QED) is 0.276. The number of ether oxygens (including phenoxy) is 1. The molecule has 0 radical (unpaired) electrons. The topological polar surface area (TPSA) is 43.4 Å². The molecule has 1 heterocycles. The van der Waals surface area contributed by atoms with E-state index in [0.29, 0.717) is 16.2 Å². The van der Waals surface area contributed by atoms with Gasteiger partial charge in [-0.15, -0.1) is 11.3 Å². The van der Waals surface area contributed by atoms with Crippen LogP contribution in [0.5, 0.6) is 5.75 Å². The molecule has 4 heteroatoms. The van der Waals surface area contributed by atoms with Crippen molar-refractivity contribution >= 4 is 29.2 Å². The zero-order valence-corrected chi connectivity index (χ0v) is 14.5. The van der Waals surface area contributed by atoms with Gasteiger partial charge in [0.15, 0.2) is 5.78 Å². The lowest BCUT2D eigenvalue weighted by molar-refractivity contribution is 0.0740. The van der Waals surface area contributed by atoms with Crippen molar-refractivity contribution in [3.63, 3.8) is 0 Å². The normalized spacial score (nSPS) is 10.8. The molecule has 1 aromatic heterocycles. The Kier molecular flexibility index (Phi) is 5.21. The molecule has 2 aromatic carbocycles. The Morgan fingerprint density at radius 3 is 2.32 bits per heavy atom. The Morgan fingerprint density at radius 2 is 1.68 bits per heavy atom. The number of esters is 1. The maximum Gasteiger partial charge on any atom is 0.353 e. The van der Waals surface area contributed by atoms with Crippen molar-refractivity contribution in [3.8, 4) is 5.75 Å². The van der Waals surface area contributed by atoms with Gasteiger partial charge < -0.3 is 4.74 Å². The Hall–Kier alpha value is -2.98. The second-order valence-electron chi connectivity index (χ2n) is 5.50. The van der Waals surface area contributed by atoms with Gasteiger partial charge in [-0.3, -0.25) is 4.79 Å². The molecule has 0 fully saturated rings. The smallest absolute Gasteiger partial charge is 0.353 e. The summed E-state index contributed by atoms with van der Waals surface area (Å²) in [5.74, 6) is -0.0810. The molecule has 25 heavy (non-hydrogen) atoms. The molecule has 0 atom stereocenters. The largest absolute Gasteiger partial charge is 0.422 e. The third-order valence-electron chi connectivity index (χ3n) is 3.58. The second kappa shape index (κ2) is 7.73. The van der Waals surface area contributed by atoms with Crippen LogP contribution in [-0.2, 0) is 0 Å². The van der Waals surface area contributed by atoms with E-state index in [1.54, 1.807) is 42.5 Å². The molecule has 124 valence electrons. The Balaban J connectivity index is 1.64. The van der Waals surface area contributed by atoms with E-state index in [2.05, 4.69) is 0 Å². The van der Waals surface area contributed by atoms with Gasteiger partial charge in [0.25, 0.3) is 0 Å². The molecule has 0 aliphatic carbocycles. The van der Waals surface area contributed by atoms with Gasteiger partial charge in [0.1, 0.15) is 10.6 Å². The number of ketones is 1. The summed E-state index contributed by atoms with van der Waals surface area (Å²) < 4.78 is 5.28. The maximum absolute atomic E-state index is 12.2. The lowest BCUT2D eigenvalue weighted by Crippen LogP contribution is -2.06. The summed E-state index contributed by atoms with van der Waals surface area (Å²) in [5, 5.41) is 1.82. The van der Waals surface area contributed by atoms with E-state index in [0.717, 1.165) is 5.56 Å². The molecule has 0 aliphatic heterocycles. The number of aryl methyl sites for hydroxylation is 1. The minimum Gasteiger partial charge on any atom is -0.422 e. The highest BCUT2D eigenvalue weighted by atomic mass is 32.1. The van der Waals surface area contributed by atoms with E-state index < -0.39 is 5.97 Å². The summed E-state index contributed by atoms with van der Waals surface area (Å²) in [6, 6.07) is 18.0. The van der Waals surface area contributed by atoms with E-state index in [4.69, 9.17) is 4.74 Å². The van der Waals surface area contributed by atoms with E-state index in [1.807, 2.05) is 36.6 Å². The SMILES string of the molecule is Cc1ccc(C=CC(=O)c2ccc(OC(=O)c3cccs3)cc2)cc1. The van der Waals surface area contributed by atoms with Crippen LogP contribution in [-0.4, -0.2) is 11.8 Å². The van der Waals surface area contributed by atoms with Crippen LogP contribution in [0.2, 0.25) is 0 Å². The maximum atomic E-state index is 12.2. The molecule has 0 spiro atoms. The van der Waals surface area contributed by atoms with Gasteiger partial charge in [-0.25, -0.2) is 4.79 Å². The first kappa shape index (κ1) is 16.9. The van der Waals surface area contributed by atoms with Crippen LogP contribution in [0.15, 0.2) is 72.1 Å². The molecular formula is C21H16O3S. The first-order chi connectivity index (χ1) is 12.1. The van der Waals surface area contributed by atoms with E-state index in [1.165, 1.54) is 23.0 Å². The van der Waals surface area contributed by atoms with Crippen LogP contribution in [0, 0.1) is 6.92 Å². The fourth-order valence-electron chi connectivity index (χ4n) is 2.18. The lowest BCUT2D eigenvalue weighted by Gasteiger charge is -2.03. The predicted octanol–water partition coefficient (Wildman–Crippen LogP) is 5.17. The van der Waals surface area contributed by atoms with Crippen LogP contribution in [0.4, 0.5) is 0 Å². The first-order valence-electron chi connectivity index (χ1n) is 7.77. The number of hydrogen-bond donors (Lipinski definition) is 0. The second-order valence-corrected chi connectivity index (χ2v) is 6.45. The van der Waals surface area contributed by atoms with Crippen molar-refractivity contribution in [2.24, 2.45) is 0 Å². The highest BCUT2D eigenvalue weighted by Crippen LogP contribution is 2.17. The number of hydrogen-bond acceptors (Lipinski definition) is 4. The molecule has 0 unspecified atom stereocenters. The number of carbonyl (C=O) groups is 2. The average Bonchev–Trinajstić information content (AvgIpc) is 3.16. The molecule has 3 rings (SSSR count). The van der Waals surface area contributed by atoms with Crippen molar-refractivity contribution in [2.75, 3.05) is 0 Å². The van der Waals surface area contributed by atoms with Gasteiger partial charge in [0.2, 0.25) is 0 Å². The van der Waals surface area contributed by atoms with Crippen LogP contribution < -0.4 is 4.74 Å². The summed E-state index contributed by atoms with van der Waals surface area (Å²) in [7, 11) is 0. The number of benzene rings is 2. The highest BCUT2D eigenvalue weighted by molar-refractivity contribution is 7.12. The molecule has 0 saturated heterocycles. The van der Waals surface area contributed by atoms with Gasteiger partial charge in [0.05, 0.1) is 0 Å². The van der Waals surface area contributed by atoms with Crippen LogP contribution in [0.1, 0.15) is 31.2 Å². The Morgan fingerprint density at radius 1 is 0.960 bits per heavy atom. The van der Waals surface area contributed by atoms with E-state index >= 15 is 0 Å². The van der Waals surface area contributed by atoms with Crippen LogP contribution >= 0.6 is 11.3 Å². The van der Waals surface area contributed by atoms with Crippen molar-refractivity contribution in [1.82, 2.24) is 0 Å². The molecule has 3 nitrogen and oxygen atoms in total. The fourth-order valence-corrected chi connectivity index (χ4v) is 2.78. The van der Waals surface area contributed by atoms with Gasteiger partial charge in [0, 0.05) is 5.56 Å². The standard InChI is InChI=1S/C21H16O3S/c1-15-4-6-16(7-5-15)8-13-19(22)17-9-11-18(12-10-17)24-21(23)20-3-2-14-25-20/h2-14H,1H3. The zero-order chi connectivity index (χ0) is 17.6. The van der Waals surface area contributed by atoms with Crippen LogP contribution in [0.3, 0.4) is 0 Å². The van der Waals surface area contributed by atoms with Crippen molar-refractivity contribution < 1.29 is 14.3 Å². The monoisotopic (exact) mass is 348 g/mol. The predicted molar refractivity (Wildman–Crippen MR) is 100 cm³/mol. The summed E-state index contributed by atoms with van der Waals surface area (Å²) in [6.07, 6.45) is 3.32. The lowest BCUT2D eigenvalue weighted by atomic mass is 10.1. The fraction of sp³-hybridized carbons (Fsp3) is 0.0476. The van der Waals surface area contributed by atoms with Gasteiger partial charge in [-0.1, -0.05) is 42.0 Å². The molecular weight excluding hydrogens is 332 g/mol. The summed E-state index contributed by atoms with van der Waals surface area (Å²) in [4.78, 5) is 24.6. The Labute approximate surface area is 150 Å². The molecule has 3 aromatic rings. The summed E-state index contributed by atoms with van der Waals surface area (Å²) >= 11 is 1.33. The van der Waals surface area contributed by atoms with Gasteiger partial charge >= 0.3 is 5.97 Å². The summed E-state index contributed by atoms with van der Waals surface area (Å²) in [6.45, 7) is 2.02. The average molecular weight is 348 g/mol. The summed E-state index contributed by atoms with van der Waals surface area (Å²) in [5.41, 5.74) is 2.69. The minimum atomic E-state index is -0.395. The molecule has 0 bridgehead atoms. The molecule has 0 aliphatic rings. The van der Waals surface area contributed by atoms with Gasteiger partial charge in [-0.05, 0) is 54.3 Å². The number of carbonyl (C=O) groups excluding carboxylic acids is 2. The molecule has 0 amide bonds. The Bertz CT molecular complexity index is 889. The van der Waals surface area contributed by atoms with E-state index in [9.17, 15) is 9.59 Å². The van der Waals surface area contributed by atoms with Crippen molar-refractivity contribution in [1.29, 1.82) is 0 Å². The van der Waals surface area contributed by atoms with Crippen molar-refractivity contribution in [2.45, 2.75) is 6.92 Å². The third-order valence-corrected chi connectivity index (χ3v) is 4.43. The number of thiophene rings is 1. The molecule has 0 N–H and O–H groups in total. The van der Waals surface area contributed by atoms with Crippen LogP contribution in [0.25, 0.3) is 6.08 Å². The highest BCUT2D eigenvalue weighted by Gasteiger charge is 2.10. The molecule has 0 saturated carbocycles. The van der Waals surface area contributed by atoms with Crippen molar-refractivity contribution in [3.05, 3.63) is 93.7 Å². The third kappa shape index (κ3) is 4.52. The first-order valence-corrected chi connectivity index (χ1v) is 8.64. The van der Waals surface area contributed by atoms with E-state index in [-0.39, 0.29) is 5.78 Å². The van der Waals surface area contributed by atoms with Gasteiger partial charge in [-0.2, -0.15) is 0 Å². The minimum absolute atomic E-state index is 0.100.